The molecule has 0 unspecified atom stereocenters. The Balaban J connectivity index is 1.60. The van der Waals surface area contributed by atoms with Gasteiger partial charge < -0.3 is 14.5 Å². The number of ether oxygens (including phenoxy) is 1. The molecule has 2 aromatic rings. The maximum absolute atomic E-state index is 11.6. The van der Waals surface area contributed by atoms with Gasteiger partial charge in [0.15, 0.2) is 0 Å². The topological polar surface area (TPSA) is 75.9 Å². The molecule has 2 rings (SSSR count). The smallest absolute Gasteiger partial charge is 0.240 e. The number of furan rings is 1. The Bertz CT molecular complexity index is 592. The first kappa shape index (κ1) is 15.6. The SMILES string of the molecule is COc1ccc(NCCCC(=O)N/N=C\c2ccco2)cc1. The second-order valence-electron chi connectivity index (χ2n) is 4.57. The minimum absolute atomic E-state index is 0.126. The zero-order valence-electron chi connectivity index (χ0n) is 12.4. The van der Waals surface area contributed by atoms with Crippen molar-refractivity contribution >= 4 is 17.8 Å². The normalized spacial score (nSPS) is 10.6. The van der Waals surface area contributed by atoms with E-state index in [9.17, 15) is 4.79 Å². The highest BCUT2D eigenvalue weighted by Crippen LogP contribution is 2.14. The molecule has 0 spiro atoms. The molecule has 6 heteroatoms. The van der Waals surface area contributed by atoms with Crippen molar-refractivity contribution in [3.05, 3.63) is 48.4 Å². The van der Waals surface area contributed by atoms with E-state index in [4.69, 9.17) is 9.15 Å². The predicted octanol–water partition coefficient (Wildman–Crippen LogP) is 2.63. The van der Waals surface area contributed by atoms with Crippen LogP contribution >= 0.6 is 0 Å². The zero-order chi connectivity index (χ0) is 15.6. The first-order valence-corrected chi connectivity index (χ1v) is 7.01. The molecule has 0 saturated carbocycles. The van der Waals surface area contributed by atoms with E-state index < -0.39 is 0 Å². The van der Waals surface area contributed by atoms with E-state index in [0.29, 0.717) is 25.1 Å². The van der Waals surface area contributed by atoms with Crippen LogP contribution in [-0.2, 0) is 4.79 Å². The minimum atomic E-state index is -0.126. The summed E-state index contributed by atoms with van der Waals surface area (Å²) in [6, 6.07) is 11.2. The first-order valence-electron chi connectivity index (χ1n) is 7.01. The van der Waals surface area contributed by atoms with Gasteiger partial charge in [-0.25, -0.2) is 5.43 Å². The van der Waals surface area contributed by atoms with Crippen molar-refractivity contribution in [2.75, 3.05) is 19.0 Å². The fourth-order valence-corrected chi connectivity index (χ4v) is 1.78. The molecule has 0 radical (unpaired) electrons. The van der Waals surface area contributed by atoms with Gasteiger partial charge in [-0.15, -0.1) is 0 Å². The number of carbonyl (C=O) groups excluding carboxylic acids is 1. The van der Waals surface area contributed by atoms with Gasteiger partial charge in [0.25, 0.3) is 0 Å². The number of benzene rings is 1. The monoisotopic (exact) mass is 301 g/mol. The molecule has 0 aliphatic rings. The van der Waals surface area contributed by atoms with Crippen LogP contribution in [0.5, 0.6) is 5.75 Å². The third-order valence-electron chi connectivity index (χ3n) is 2.92. The maximum Gasteiger partial charge on any atom is 0.240 e. The Morgan fingerprint density at radius 2 is 2.14 bits per heavy atom. The van der Waals surface area contributed by atoms with Crippen LogP contribution in [0.4, 0.5) is 5.69 Å². The largest absolute Gasteiger partial charge is 0.497 e. The molecule has 1 heterocycles. The highest BCUT2D eigenvalue weighted by Gasteiger charge is 2.00. The van der Waals surface area contributed by atoms with E-state index in [1.165, 1.54) is 6.21 Å². The summed E-state index contributed by atoms with van der Waals surface area (Å²) >= 11 is 0. The lowest BCUT2D eigenvalue weighted by atomic mass is 10.2. The van der Waals surface area contributed by atoms with E-state index in [2.05, 4.69) is 15.8 Å². The summed E-state index contributed by atoms with van der Waals surface area (Å²) in [5, 5.41) is 7.06. The lowest BCUT2D eigenvalue weighted by Crippen LogP contribution is -2.18. The van der Waals surface area contributed by atoms with Crippen LogP contribution in [-0.4, -0.2) is 25.8 Å². The van der Waals surface area contributed by atoms with Crippen molar-refractivity contribution in [2.45, 2.75) is 12.8 Å². The number of carbonyl (C=O) groups is 1. The summed E-state index contributed by atoms with van der Waals surface area (Å²) in [4.78, 5) is 11.6. The van der Waals surface area contributed by atoms with E-state index in [1.54, 1.807) is 25.5 Å². The van der Waals surface area contributed by atoms with Gasteiger partial charge >= 0.3 is 0 Å². The highest BCUT2D eigenvalue weighted by atomic mass is 16.5. The van der Waals surface area contributed by atoms with Crippen molar-refractivity contribution in [3.8, 4) is 5.75 Å². The molecule has 0 fully saturated rings. The number of hydrazone groups is 1. The molecule has 1 amide bonds. The number of rotatable bonds is 8. The minimum Gasteiger partial charge on any atom is -0.497 e. The molecule has 0 bridgehead atoms. The Morgan fingerprint density at radius 3 is 2.82 bits per heavy atom. The standard InChI is InChI=1S/C16H19N3O3/c1-21-14-8-6-13(7-9-14)17-10-2-5-16(20)19-18-12-15-4-3-11-22-15/h3-4,6-9,11-12,17H,2,5,10H2,1H3,(H,19,20)/b18-12-. The molecule has 1 aromatic heterocycles. The van der Waals surface area contributed by atoms with Crippen LogP contribution in [0.25, 0.3) is 0 Å². The van der Waals surface area contributed by atoms with Crippen LogP contribution in [0.1, 0.15) is 18.6 Å². The molecule has 2 N–H and O–H groups in total. The fraction of sp³-hybridized carbons (Fsp3) is 0.250. The lowest BCUT2D eigenvalue weighted by Gasteiger charge is -2.06. The van der Waals surface area contributed by atoms with Crippen LogP contribution in [0, 0.1) is 0 Å². The number of hydrogen-bond acceptors (Lipinski definition) is 5. The van der Waals surface area contributed by atoms with Crippen molar-refractivity contribution in [2.24, 2.45) is 5.10 Å². The molecular formula is C16H19N3O3. The Hall–Kier alpha value is -2.76. The molecular weight excluding hydrogens is 282 g/mol. The molecule has 0 saturated heterocycles. The van der Waals surface area contributed by atoms with Gasteiger partial charge in [-0.2, -0.15) is 5.10 Å². The van der Waals surface area contributed by atoms with Gasteiger partial charge in [-0.3, -0.25) is 4.79 Å². The van der Waals surface area contributed by atoms with Gasteiger partial charge in [0.05, 0.1) is 19.6 Å². The second kappa shape index (κ2) is 8.51. The summed E-state index contributed by atoms with van der Waals surface area (Å²) in [7, 11) is 1.63. The molecule has 0 aliphatic heterocycles. The van der Waals surface area contributed by atoms with E-state index >= 15 is 0 Å². The molecule has 22 heavy (non-hydrogen) atoms. The zero-order valence-corrected chi connectivity index (χ0v) is 12.4. The fourth-order valence-electron chi connectivity index (χ4n) is 1.78. The molecule has 0 aliphatic carbocycles. The molecule has 0 atom stereocenters. The van der Waals surface area contributed by atoms with Crippen molar-refractivity contribution < 1.29 is 13.9 Å². The van der Waals surface area contributed by atoms with Gasteiger partial charge in [0.2, 0.25) is 5.91 Å². The number of anilines is 1. The van der Waals surface area contributed by atoms with E-state index in [1.807, 2.05) is 24.3 Å². The summed E-state index contributed by atoms with van der Waals surface area (Å²) in [5.41, 5.74) is 3.46. The molecule has 6 nitrogen and oxygen atoms in total. The van der Waals surface area contributed by atoms with E-state index in [-0.39, 0.29) is 5.91 Å². The average molecular weight is 301 g/mol. The number of nitrogens with one attached hydrogen (secondary N) is 2. The number of amides is 1. The Morgan fingerprint density at radius 1 is 1.32 bits per heavy atom. The number of hydrogen-bond donors (Lipinski definition) is 2. The maximum atomic E-state index is 11.6. The third-order valence-corrected chi connectivity index (χ3v) is 2.92. The van der Waals surface area contributed by atoms with Crippen LogP contribution in [0.15, 0.2) is 52.2 Å². The summed E-state index contributed by atoms with van der Waals surface area (Å²) in [6.07, 6.45) is 4.13. The summed E-state index contributed by atoms with van der Waals surface area (Å²) in [5.74, 6) is 1.29. The summed E-state index contributed by atoms with van der Waals surface area (Å²) < 4.78 is 10.1. The van der Waals surface area contributed by atoms with Gasteiger partial charge in [-0.05, 0) is 42.8 Å². The third kappa shape index (κ3) is 5.32. The first-order chi connectivity index (χ1) is 10.8. The quantitative estimate of drug-likeness (QED) is 0.446. The van der Waals surface area contributed by atoms with Crippen molar-refractivity contribution in [1.82, 2.24) is 5.43 Å². The average Bonchev–Trinajstić information content (AvgIpc) is 3.05. The Kier molecular flexibility index (Phi) is 6.04. The number of methoxy groups -OCH3 is 1. The van der Waals surface area contributed by atoms with E-state index in [0.717, 1.165) is 11.4 Å². The molecule has 1 aromatic carbocycles. The van der Waals surface area contributed by atoms with Gasteiger partial charge in [0.1, 0.15) is 11.5 Å². The number of nitrogens with zero attached hydrogens (tertiary/aromatic N) is 1. The second-order valence-corrected chi connectivity index (χ2v) is 4.57. The molecule has 116 valence electrons. The van der Waals surface area contributed by atoms with Crippen LogP contribution in [0.3, 0.4) is 0 Å². The van der Waals surface area contributed by atoms with Gasteiger partial charge in [0, 0.05) is 18.7 Å². The van der Waals surface area contributed by atoms with Crippen LogP contribution < -0.4 is 15.5 Å². The van der Waals surface area contributed by atoms with Gasteiger partial charge in [-0.1, -0.05) is 0 Å². The Labute approximate surface area is 129 Å². The van der Waals surface area contributed by atoms with Crippen molar-refractivity contribution in [3.63, 3.8) is 0 Å². The summed E-state index contributed by atoms with van der Waals surface area (Å²) in [6.45, 7) is 0.710. The lowest BCUT2D eigenvalue weighted by molar-refractivity contribution is -0.121. The van der Waals surface area contributed by atoms with Crippen LogP contribution in [0.2, 0.25) is 0 Å². The highest BCUT2D eigenvalue weighted by molar-refractivity contribution is 5.80. The predicted molar refractivity (Wildman–Crippen MR) is 85.2 cm³/mol. The van der Waals surface area contributed by atoms with Crippen molar-refractivity contribution in [1.29, 1.82) is 0 Å².